The van der Waals surface area contributed by atoms with Crippen LogP contribution in [0.2, 0.25) is 0 Å². The Morgan fingerprint density at radius 1 is 0.270 bits per heavy atom. The molecule has 0 amide bonds. The quantitative estimate of drug-likeness (QED) is 0.0222. The van der Waals surface area contributed by atoms with Gasteiger partial charge in [-0.05, 0) is 43.4 Å². The molecule has 0 radical (unpaired) electrons. The fraction of sp³-hybridized carbons (Fsp3) is 0.951. The van der Waals surface area contributed by atoms with Gasteiger partial charge in [0.15, 0.2) is 12.2 Å². The average Bonchev–Trinajstić information content (AvgIpc) is 0.941. The average molecular weight is 1470 g/mol. The van der Waals surface area contributed by atoms with Crippen LogP contribution in [-0.2, 0) is 65.4 Å². The van der Waals surface area contributed by atoms with E-state index < -0.39 is 97.5 Å². The van der Waals surface area contributed by atoms with E-state index in [-0.39, 0.29) is 25.7 Å². The van der Waals surface area contributed by atoms with Gasteiger partial charge in [-0.25, -0.2) is 9.13 Å². The summed E-state index contributed by atoms with van der Waals surface area (Å²) in [5, 5.41) is 10.6. The second-order valence-electron chi connectivity index (χ2n) is 30.6. The molecule has 0 aliphatic heterocycles. The largest absolute Gasteiger partial charge is 0.472 e. The van der Waals surface area contributed by atoms with E-state index in [9.17, 15) is 43.2 Å². The summed E-state index contributed by atoms with van der Waals surface area (Å²) in [6, 6.07) is 0. The maximum atomic E-state index is 13.1. The second-order valence-corrected chi connectivity index (χ2v) is 33.5. The minimum absolute atomic E-state index is 0.106. The number of ether oxygens (including phenoxy) is 4. The number of carbonyl (C=O) groups excluding carboxylic acids is 4. The van der Waals surface area contributed by atoms with E-state index in [1.54, 1.807) is 0 Å². The molecule has 2 unspecified atom stereocenters. The number of hydrogen-bond acceptors (Lipinski definition) is 15. The molecule has 5 atom stereocenters. The lowest BCUT2D eigenvalue weighted by molar-refractivity contribution is -0.161. The van der Waals surface area contributed by atoms with Crippen molar-refractivity contribution < 1.29 is 80.2 Å². The van der Waals surface area contributed by atoms with Crippen molar-refractivity contribution in [3.05, 3.63) is 0 Å². The molecule has 0 heterocycles. The van der Waals surface area contributed by atoms with Crippen molar-refractivity contribution in [2.45, 2.75) is 439 Å². The summed E-state index contributed by atoms with van der Waals surface area (Å²) >= 11 is 0. The molecule has 0 aromatic rings. The molecule has 0 saturated carbocycles. The SMILES string of the molecule is CCCCCCCCCCCCCCCC(=O)OC[C@H](COP(=O)(O)OC[C@H](O)COP(=O)(O)OC[C@@H](COC(=O)CCCCCCCCCCCCCCC(C)C)OC(=O)CCCCCCCCCCCCCCCCCCC(C)C)OC(=O)CCCCCCCCCCCCC(C)C. The zero-order chi connectivity index (χ0) is 73.7. The lowest BCUT2D eigenvalue weighted by Crippen LogP contribution is -2.30. The smallest absolute Gasteiger partial charge is 0.462 e. The van der Waals surface area contributed by atoms with Gasteiger partial charge in [0.25, 0.3) is 0 Å². The molecule has 0 saturated heterocycles. The van der Waals surface area contributed by atoms with Crippen molar-refractivity contribution in [3.63, 3.8) is 0 Å². The Bertz CT molecular complexity index is 1940. The van der Waals surface area contributed by atoms with Crippen LogP contribution in [0.3, 0.4) is 0 Å². The van der Waals surface area contributed by atoms with E-state index in [1.165, 1.54) is 231 Å². The lowest BCUT2D eigenvalue weighted by atomic mass is 10.0. The summed E-state index contributed by atoms with van der Waals surface area (Å²) < 4.78 is 68.7. The number of phosphoric acid groups is 2. The molecular weight excluding hydrogens is 1310 g/mol. The summed E-state index contributed by atoms with van der Waals surface area (Å²) in [6.45, 7) is 12.0. The molecule has 0 spiro atoms. The van der Waals surface area contributed by atoms with Gasteiger partial charge >= 0.3 is 39.5 Å². The highest BCUT2D eigenvalue weighted by Gasteiger charge is 2.30. The molecule has 17 nitrogen and oxygen atoms in total. The summed E-state index contributed by atoms with van der Waals surface area (Å²) in [6.07, 6.45) is 59.5. The maximum Gasteiger partial charge on any atom is 0.472 e. The third-order valence-corrected chi connectivity index (χ3v) is 20.8. The first-order valence-electron chi connectivity index (χ1n) is 41.8. The van der Waals surface area contributed by atoms with Crippen LogP contribution >= 0.6 is 15.6 Å². The number of esters is 4. The summed E-state index contributed by atoms with van der Waals surface area (Å²) in [5.41, 5.74) is 0. The molecule has 0 rings (SSSR count). The van der Waals surface area contributed by atoms with E-state index in [1.807, 2.05) is 0 Å². The van der Waals surface area contributed by atoms with Crippen molar-refractivity contribution in [2.75, 3.05) is 39.6 Å². The van der Waals surface area contributed by atoms with Crippen LogP contribution in [0.1, 0.15) is 421 Å². The van der Waals surface area contributed by atoms with Crippen molar-refractivity contribution in [1.29, 1.82) is 0 Å². The van der Waals surface area contributed by atoms with Gasteiger partial charge in [0.2, 0.25) is 0 Å². The van der Waals surface area contributed by atoms with Gasteiger partial charge in [-0.15, -0.1) is 0 Å². The molecule has 0 fully saturated rings. The Kier molecular flexibility index (Phi) is 69.9. The van der Waals surface area contributed by atoms with Crippen LogP contribution in [-0.4, -0.2) is 96.7 Å². The predicted molar refractivity (Wildman–Crippen MR) is 409 cm³/mol. The first kappa shape index (κ1) is 98.1. The molecule has 3 N–H and O–H groups in total. The number of carbonyl (C=O) groups is 4. The standard InChI is InChI=1S/C81H158O17P2/c1-8-9-10-11-12-13-14-19-26-34-41-48-55-62-78(83)91-69-77(98-81(86)65-58-51-44-37-30-29-33-40-47-54-61-74(6)7)71-96-100(89,90)94-67-75(82)66-93-99(87,88)95-70-76(68-92-79(84)63-56-49-42-35-27-23-22-25-32-39-46-53-60-73(4)5)97-80(85)64-57-50-43-36-28-21-18-16-15-17-20-24-31-38-45-52-59-72(2)3/h72-77,82H,8-71H2,1-7H3,(H,87,88)(H,89,90)/t75-,76-,77-/m1/s1. The summed E-state index contributed by atoms with van der Waals surface area (Å²) in [5.74, 6) is 0.234. The Balaban J connectivity index is 5.26. The normalized spacial score (nSPS) is 14.0. The van der Waals surface area contributed by atoms with Crippen LogP contribution < -0.4 is 0 Å². The number of phosphoric ester groups is 2. The van der Waals surface area contributed by atoms with Crippen molar-refractivity contribution in [2.24, 2.45) is 17.8 Å². The first-order chi connectivity index (χ1) is 48.2. The van der Waals surface area contributed by atoms with Gasteiger partial charge in [0.1, 0.15) is 19.3 Å². The Morgan fingerprint density at radius 3 is 0.680 bits per heavy atom. The third kappa shape index (κ3) is 74.3. The Labute approximate surface area is 613 Å². The van der Waals surface area contributed by atoms with Crippen LogP contribution in [0.25, 0.3) is 0 Å². The van der Waals surface area contributed by atoms with Crippen LogP contribution in [0, 0.1) is 17.8 Å². The molecule has 19 heteroatoms. The number of hydrogen-bond donors (Lipinski definition) is 3. The van der Waals surface area contributed by atoms with Crippen LogP contribution in [0.15, 0.2) is 0 Å². The third-order valence-electron chi connectivity index (χ3n) is 18.9. The van der Waals surface area contributed by atoms with E-state index in [4.69, 9.17) is 37.0 Å². The summed E-state index contributed by atoms with van der Waals surface area (Å²) in [7, 11) is -9.92. The molecule has 0 aliphatic carbocycles. The van der Waals surface area contributed by atoms with E-state index in [2.05, 4.69) is 48.5 Å². The highest BCUT2D eigenvalue weighted by molar-refractivity contribution is 7.47. The minimum atomic E-state index is -4.96. The monoisotopic (exact) mass is 1470 g/mol. The van der Waals surface area contributed by atoms with Gasteiger partial charge in [0, 0.05) is 25.7 Å². The Hall–Kier alpha value is -1.94. The molecule has 0 aromatic carbocycles. The fourth-order valence-electron chi connectivity index (χ4n) is 12.5. The van der Waals surface area contributed by atoms with Gasteiger partial charge in [0.05, 0.1) is 26.4 Å². The second kappa shape index (κ2) is 71.3. The van der Waals surface area contributed by atoms with Crippen molar-refractivity contribution in [1.82, 2.24) is 0 Å². The molecule has 594 valence electrons. The molecular formula is C81H158O17P2. The van der Waals surface area contributed by atoms with E-state index in [0.717, 1.165) is 108 Å². The van der Waals surface area contributed by atoms with E-state index >= 15 is 0 Å². The van der Waals surface area contributed by atoms with Crippen molar-refractivity contribution >= 4 is 39.5 Å². The maximum absolute atomic E-state index is 13.1. The highest BCUT2D eigenvalue weighted by Crippen LogP contribution is 2.45. The van der Waals surface area contributed by atoms with Gasteiger partial charge in [-0.2, -0.15) is 0 Å². The van der Waals surface area contributed by atoms with Gasteiger partial charge in [-0.1, -0.05) is 370 Å². The zero-order valence-corrected chi connectivity index (χ0v) is 67.5. The predicted octanol–water partition coefficient (Wildman–Crippen LogP) is 24.1. The molecule has 0 bridgehead atoms. The van der Waals surface area contributed by atoms with Gasteiger partial charge < -0.3 is 33.8 Å². The van der Waals surface area contributed by atoms with E-state index in [0.29, 0.717) is 25.7 Å². The number of aliphatic hydroxyl groups is 1. The molecule has 0 aliphatic rings. The number of aliphatic hydroxyl groups excluding tert-OH is 1. The number of rotatable bonds is 79. The first-order valence-corrected chi connectivity index (χ1v) is 44.8. The fourth-order valence-corrected chi connectivity index (χ4v) is 14.1. The number of unbranched alkanes of at least 4 members (excludes halogenated alkanes) is 47. The van der Waals surface area contributed by atoms with Crippen molar-refractivity contribution in [3.8, 4) is 0 Å². The molecule has 100 heavy (non-hydrogen) atoms. The van der Waals surface area contributed by atoms with Gasteiger partial charge in [-0.3, -0.25) is 37.3 Å². The molecule has 0 aromatic heterocycles. The van der Waals surface area contributed by atoms with Crippen LogP contribution in [0.4, 0.5) is 0 Å². The zero-order valence-electron chi connectivity index (χ0n) is 65.7. The topological polar surface area (TPSA) is 237 Å². The summed E-state index contributed by atoms with van der Waals surface area (Å²) in [4.78, 5) is 73.1. The highest BCUT2D eigenvalue weighted by atomic mass is 31.2. The minimum Gasteiger partial charge on any atom is -0.462 e. The Morgan fingerprint density at radius 2 is 0.460 bits per heavy atom. The lowest BCUT2D eigenvalue weighted by Gasteiger charge is -2.21. The van der Waals surface area contributed by atoms with Crippen LogP contribution in [0.5, 0.6) is 0 Å².